The summed E-state index contributed by atoms with van der Waals surface area (Å²) in [6.45, 7) is 0. The fraction of sp³-hybridized carbons (Fsp3) is 0.556. The highest BCUT2D eigenvalue weighted by Crippen LogP contribution is 2.49. The molecule has 2 N–H and O–H groups in total. The number of hydrogen-bond acceptors (Lipinski definition) is 3. The molecule has 1 unspecified atom stereocenters. The van der Waals surface area contributed by atoms with Crippen molar-refractivity contribution < 1.29 is 37.0 Å². The van der Waals surface area contributed by atoms with Crippen LogP contribution in [0.4, 0.5) is 22.0 Å². The number of aliphatic carboxylic acids is 1. The molecule has 0 saturated carbocycles. The standard InChI is InChI=1S/C9H9F5N2O3.ClH/c1-16-3-2-15-6(16)7(19,4-5(17)18)8(10,11)9(12,13)14;/h2-3,19H,4H2,1H3,(H,17,18);1H. The first-order valence-electron chi connectivity index (χ1n) is 4.80. The molecule has 1 heterocycles. The Morgan fingerprint density at radius 3 is 2.15 bits per heavy atom. The number of aliphatic hydroxyl groups is 1. The molecule has 0 bridgehead atoms. The van der Waals surface area contributed by atoms with Crippen LogP contribution in [0.2, 0.25) is 0 Å². The van der Waals surface area contributed by atoms with Crippen molar-refractivity contribution in [3.63, 3.8) is 0 Å². The lowest BCUT2D eigenvalue weighted by atomic mass is 9.90. The number of carboxylic acid groups (broad SMARTS) is 1. The molecule has 0 amide bonds. The van der Waals surface area contributed by atoms with E-state index in [1.54, 1.807) is 0 Å². The van der Waals surface area contributed by atoms with Crippen LogP contribution in [0.15, 0.2) is 12.4 Å². The predicted octanol–water partition coefficient (Wildman–Crippen LogP) is 1.70. The lowest BCUT2D eigenvalue weighted by Gasteiger charge is -2.34. The first-order valence-corrected chi connectivity index (χ1v) is 4.80. The normalized spacial score (nSPS) is 15.3. The summed E-state index contributed by atoms with van der Waals surface area (Å²) < 4.78 is 64.6. The maximum Gasteiger partial charge on any atom is 0.456 e. The zero-order chi connectivity index (χ0) is 15.1. The highest BCUT2D eigenvalue weighted by molar-refractivity contribution is 5.85. The summed E-state index contributed by atoms with van der Waals surface area (Å²) in [7, 11) is 1.06. The van der Waals surface area contributed by atoms with E-state index in [1.807, 2.05) is 0 Å². The van der Waals surface area contributed by atoms with E-state index in [9.17, 15) is 31.9 Å². The van der Waals surface area contributed by atoms with Crippen LogP contribution in [0, 0.1) is 0 Å². The summed E-state index contributed by atoms with van der Waals surface area (Å²) in [6, 6.07) is 0. The molecule has 116 valence electrons. The lowest BCUT2D eigenvalue weighted by molar-refractivity contribution is -0.348. The van der Waals surface area contributed by atoms with E-state index >= 15 is 0 Å². The molecule has 0 aliphatic heterocycles. The number of aryl methyl sites for hydroxylation is 1. The summed E-state index contributed by atoms with van der Waals surface area (Å²) >= 11 is 0. The van der Waals surface area contributed by atoms with Gasteiger partial charge in [-0.05, 0) is 0 Å². The van der Waals surface area contributed by atoms with E-state index in [-0.39, 0.29) is 12.4 Å². The molecular weight excluding hydrogens is 315 g/mol. The van der Waals surface area contributed by atoms with E-state index in [0.717, 1.165) is 19.4 Å². The highest BCUT2D eigenvalue weighted by Gasteiger charge is 2.72. The lowest BCUT2D eigenvalue weighted by Crippen LogP contribution is -2.56. The summed E-state index contributed by atoms with van der Waals surface area (Å²) in [4.78, 5) is 13.7. The number of nitrogens with zero attached hydrogens (tertiary/aromatic N) is 2. The summed E-state index contributed by atoms with van der Waals surface area (Å²) in [5.74, 6) is -8.77. The summed E-state index contributed by atoms with van der Waals surface area (Å²) in [6.07, 6.45) is -6.09. The largest absolute Gasteiger partial charge is 0.481 e. The second kappa shape index (κ2) is 5.52. The average molecular weight is 325 g/mol. The van der Waals surface area contributed by atoms with Crippen LogP contribution in [0.1, 0.15) is 12.2 Å². The van der Waals surface area contributed by atoms with Gasteiger partial charge >= 0.3 is 18.1 Å². The van der Waals surface area contributed by atoms with Gasteiger partial charge in [0.1, 0.15) is 5.82 Å². The van der Waals surface area contributed by atoms with E-state index in [4.69, 9.17) is 5.11 Å². The van der Waals surface area contributed by atoms with Crippen LogP contribution in [0.5, 0.6) is 0 Å². The number of rotatable bonds is 4. The minimum Gasteiger partial charge on any atom is -0.481 e. The SMILES string of the molecule is Cl.Cn1ccnc1C(O)(CC(=O)O)C(F)(F)C(F)(F)F. The van der Waals surface area contributed by atoms with Gasteiger partial charge in [0.2, 0.25) is 5.60 Å². The third-order valence-corrected chi connectivity index (χ3v) is 2.47. The zero-order valence-electron chi connectivity index (χ0n) is 9.86. The molecule has 0 aliphatic carbocycles. The van der Waals surface area contributed by atoms with Crippen molar-refractivity contribution in [3.8, 4) is 0 Å². The molecule has 1 aromatic rings. The fourth-order valence-corrected chi connectivity index (χ4v) is 1.55. The number of aromatic nitrogens is 2. The van der Waals surface area contributed by atoms with Gasteiger partial charge in [-0.2, -0.15) is 22.0 Å². The Bertz CT molecular complexity index is 490. The molecule has 0 aliphatic rings. The quantitative estimate of drug-likeness (QED) is 0.827. The van der Waals surface area contributed by atoms with Gasteiger partial charge < -0.3 is 14.8 Å². The molecule has 0 fully saturated rings. The van der Waals surface area contributed by atoms with E-state index in [1.165, 1.54) is 0 Å². The van der Waals surface area contributed by atoms with Crippen LogP contribution in [0.3, 0.4) is 0 Å². The zero-order valence-corrected chi connectivity index (χ0v) is 10.7. The smallest absolute Gasteiger partial charge is 0.456 e. The maximum absolute atomic E-state index is 13.4. The van der Waals surface area contributed by atoms with Gasteiger partial charge in [-0.1, -0.05) is 0 Å². The third-order valence-electron chi connectivity index (χ3n) is 2.47. The molecule has 11 heteroatoms. The number of halogens is 6. The summed E-state index contributed by atoms with van der Waals surface area (Å²) in [5, 5.41) is 18.1. The van der Waals surface area contributed by atoms with Crippen molar-refractivity contribution in [1.82, 2.24) is 9.55 Å². The van der Waals surface area contributed by atoms with E-state index < -0.39 is 35.9 Å². The van der Waals surface area contributed by atoms with Crippen molar-refractivity contribution in [1.29, 1.82) is 0 Å². The Hall–Kier alpha value is -1.42. The molecular formula is C9H10ClF5N2O3. The van der Waals surface area contributed by atoms with Gasteiger partial charge in [-0.15, -0.1) is 12.4 Å². The first-order chi connectivity index (χ1) is 8.43. The van der Waals surface area contributed by atoms with Gasteiger partial charge in [0.25, 0.3) is 0 Å². The molecule has 20 heavy (non-hydrogen) atoms. The molecule has 1 atom stereocenters. The van der Waals surface area contributed by atoms with Crippen molar-refractivity contribution >= 4 is 18.4 Å². The van der Waals surface area contributed by atoms with Crippen LogP contribution < -0.4 is 0 Å². The van der Waals surface area contributed by atoms with Crippen molar-refractivity contribution in [2.75, 3.05) is 0 Å². The van der Waals surface area contributed by atoms with Gasteiger partial charge in [0.15, 0.2) is 0 Å². The number of carbonyl (C=O) groups is 1. The topological polar surface area (TPSA) is 75.3 Å². The fourth-order valence-electron chi connectivity index (χ4n) is 1.55. The second-order valence-corrected chi connectivity index (χ2v) is 3.86. The molecule has 5 nitrogen and oxygen atoms in total. The molecule has 0 spiro atoms. The number of imidazole rings is 1. The minimum atomic E-state index is -6.12. The Kier molecular flexibility index (Phi) is 5.13. The Labute approximate surface area is 115 Å². The van der Waals surface area contributed by atoms with Crippen LogP contribution in [0.25, 0.3) is 0 Å². The molecule has 0 saturated heterocycles. The molecule has 1 aromatic heterocycles. The first kappa shape index (κ1) is 18.6. The summed E-state index contributed by atoms with van der Waals surface area (Å²) in [5.41, 5.74) is -3.99. The number of hydrogen-bond donors (Lipinski definition) is 2. The molecule has 0 aromatic carbocycles. The number of alkyl halides is 5. The van der Waals surface area contributed by atoms with Crippen LogP contribution >= 0.6 is 12.4 Å². The molecule has 0 radical (unpaired) electrons. The third kappa shape index (κ3) is 2.85. The predicted molar refractivity (Wildman–Crippen MR) is 57.6 cm³/mol. The van der Waals surface area contributed by atoms with E-state index in [2.05, 4.69) is 4.98 Å². The van der Waals surface area contributed by atoms with Gasteiger partial charge in [0, 0.05) is 19.4 Å². The minimum absolute atomic E-state index is 0. The second-order valence-electron chi connectivity index (χ2n) is 3.86. The monoisotopic (exact) mass is 324 g/mol. The van der Waals surface area contributed by atoms with Crippen LogP contribution in [-0.2, 0) is 17.4 Å². The van der Waals surface area contributed by atoms with E-state index in [0.29, 0.717) is 4.57 Å². The maximum atomic E-state index is 13.4. The van der Waals surface area contributed by atoms with Gasteiger partial charge in [0.05, 0.1) is 6.42 Å². The Morgan fingerprint density at radius 2 is 1.85 bits per heavy atom. The Balaban J connectivity index is 0.00000361. The number of carboxylic acids is 1. The highest BCUT2D eigenvalue weighted by atomic mass is 35.5. The van der Waals surface area contributed by atoms with Crippen LogP contribution in [-0.4, -0.2) is 37.8 Å². The van der Waals surface area contributed by atoms with Gasteiger partial charge in [-0.25, -0.2) is 4.98 Å². The van der Waals surface area contributed by atoms with Crippen molar-refractivity contribution in [2.45, 2.75) is 24.1 Å². The molecule has 1 rings (SSSR count). The van der Waals surface area contributed by atoms with Crippen molar-refractivity contribution in [2.24, 2.45) is 7.05 Å². The van der Waals surface area contributed by atoms with Crippen molar-refractivity contribution in [3.05, 3.63) is 18.2 Å². The Morgan fingerprint density at radius 1 is 1.35 bits per heavy atom. The average Bonchev–Trinajstić information content (AvgIpc) is 2.61. The van der Waals surface area contributed by atoms with Gasteiger partial charge in [-0.3, -0.25) is 4.79 Å².